The van der Waals surface area contributed by atoms with Crippen molar-refractivity contribution in [3.05, 3.63) is 38.3 Å². The first kappa shape index (κ1) is 10.9. The van der Waals surface area contributed by atoms with E-state index in [0.29, 0.717) is 0 Å². The van der Waals surface area contributed by atoms with Crippen LogP contribution in [0, 0.1) is 0 Å². The number of nitrogens with zero attached hydrogens (tertiary/aromatic N) is 2. The summed E-state index contributed by atoms with van der Waals surface area (Å²) in [4.78, 5) is 9.07. The molecule has 0 aromatic carbocycles. The third-order valence-electron chi connectivity index (χ3n) is 1.70. The van der Waals surface area contributed by atoms with Crippen LogP contribution in [0.1, 0.15) is 4.88 Å². The fourth-order valence-corrected chi connectivity index (χ4v) is 2.63. The summed E-state index contributed by atoms with van der Waals surface area (Å²) in [6, 6.07) is 5.87. The molecule has 15 heavy (non-hydrogen) atoms. The molecular formula is C9H7BrClN3S. The minimum Gasteiger partial charge on any atom is -0.365 e. The molecule has 2 heterocycles. The van der Waals surface area contributed by atoms with Crippen molar-refractivity contribution in [1.29, 1.82) is 0 Å². The smallest absolute Gasteiger partial charge is 0.224 e. The molecule has 0 fully saturated rings. The molecular weight excluding hydrogens is 298 g/mol. The van der Waals surface area contributed by atoms with Gasteiger partial charge in [0.25, 0.3) is 0 Å². The molecule has 0 aliphatic carbocycles. The van der Waals surface area contributed by atoms with Crippen molar-refractivity contribution in [2.45, 2.75) is 6.54 Å². The molecule has 3 nitrogen and oxygen atoms in total. The Bertz CT molecular complexity index is 460. The number of rotatable bonds is 3. The topological polar surface area (TPSA) is 37.8 Å². The van der Waals surface area contributed by atoms with Crippen LogP contribution in [0.15, 0.2) is 28.2 Å². The second-order valence-electron chi connectivity index (χ2n) is 2.77. The van der Waals surface area contributed by atoms with Crippen LogP contribution in [0.3, 0.4) is 0 Å². The molecule has 2 aromatic heterocycles. The number of anilines is 1. The molecule has 78 valence electrons. The summed E-state index contributed by atoms with van der Waals surface area (Å²) < 4.78 is 1.13. The first-order valence-electron chi connectivity index (χ1n) is 4.21. The Morgan fingerprint density at radius 1 is 1.40 bits per heavy atom. The van der Waals surface area contributed by atoms with Crippen LogP contribution in [0.25, 0.3) is 0 Å². The van der Waals surface area contributed by atoms with E-state index in [4.69, 9.17) is 11.6 Å². The fourth-order valence-electron chi connectivity index (χ4n) is 1.06. The van der Waals surface area contributed by atoms with Crippen molar-refractivity contribution in [3.8, 4) is 0 Å². The van der Waals surface area contributed by atoms with Gasteiger partial charge in [0.15, 0.2) is 0 Å². The molecule has 6 heteroatoms. The standard InChI is InChI=1S/C9H7BrClN3S/c10-7-2-1-6(15-7)5-13-8-3-4-12-9(11)14-8/h1-4H,5H2,(H,12,13,14). The zero-order valence-corrected chi connectivity index (χ0v) is 10.7. The van der Waals surface area contributed by atoms with Gasteiger partial charge in [0.2, 0.25) is 5.28 Å². The zero-order chi connectivity index (χ0) is 10.7. The zero-order valence-electron chi connectivity index (χ0n) is 7.58. The summed E-state index contributed by atoms with van der Waals surface area (Å²) >= 11 is 10.8. The number of nitrogens with one attached hydrogen (secondary N) is 1. The fraction of sp³-hybridized carbons (Fsp3) is 0.111. The lowest BCUT2D eigenvalue weighted by molar-refractivity contribution is 1.10. The molecule has 0 amide bonds. The highest BCUT2D eigenvalue weighted by Crippen LogP contribution is 2.22. The van der Waals surface area contributed by atoms with E-state index in [9.17, 15) is 0 Å². The van der Waals surface area contributed by atoms with Crippen LogP contribution < -0.4 is 5.32 Å². The summed E-state index contributed by atoms with van der Waals surface area (Å²) in [5, 5.41) is 3.43. The third-order valence-corrected chi connectivity index (χ3v) is 3.50. The van der Waals surface area contributed by atoms with Crippen molar-refractivity contribution in [2.24, 2.45) is 0 Å². The number of hydrogen-bond donors (Lipinski definition) is 1. The van der Waals surface area contributed by atoms with E-state index >= 15 is 0 Å². The monoisotopic (exact) mass is 303 g/mol. The van der Waals surface area contributed by atoms with Crippen LogP contribution in [0.2, 0.25) is 5.28 Å². The van der Waals surface area contributed by atoms with E-state index in [2.05, 4.69) is 37.3 Å². The van der Waals surface area contributed by atoms with Gasteiger partial charge in [-0.25, -0.2) is 9.97 Å². The largest absolute Gasteiger partial charge is 0.365 e. The van der Waals surface area contributed by atoms with Crippen molar-refractivity contribution in [3.63, 3.8) is 0 Å². The Morgan fingerprint density at radius 2 is 2.27 bits per heavy atom. The molecule has 0 saturated heterocycles. The maximum absolute atomic E-state index is 5.66. The second kappa shape index (κ2) is 4.92. The highest BCUT2D eigenvalue weighted by molar-refractivity contribution is 9.11. The minimum atomic E-state index is 0.257. The van der Waals surface area contributed by atoms with Gasteiger partial charge in [-0.1, -0.05) is 0 Å². The van der Waals surface area contributed by atoms with E-state index < -0.39 is 0 Å². The Hall–Kier alpha value is -0.650. The Morgan fingerprint density at radius 3 is 2.93 bits per heavy atom. The molecule has 0 aliphatic rings. The molecule has 0 unspecified atom stereocenters. The lowest BCUT2D eigenvalue weighted by atomic mass is 10.4. The summed E-state index contributed by atoms with van der Waals surface area (Å²) in [5.74, 6) is 0.736. The lowest BCUT2D eigenvalue weighted by Crippen LogP contribution is -1.99. The van der Waals surface area contributed by atoms with Gasteiger partial charge in [-0.15, -0.1) is 11.3 Å². The average Bonchev–Trinajstić information content (AvgIpc) is 2.62. The van der Waals surface area contributed by atoms with Crippen LogP contribution in [-0.2, 0) is 6.54 Å². The van der Waals surface area contributed by atoms with E-state index in [0.717, 1.165) is 16.1 Å². The van der Waals surface area contributed by atoms with Crippen LogP contribution >= 0.6 is 38.9 Å². The Balaban J connectivity index is 1.99. The molecule has 0 aliphatic heterocycles. The predicted molar refractivity (Wildman–Crippen MR) is 66.4 cm³/mol. The maximum atomic E-state index is 5.66. The molecule has 0 bridgehead atoms. The number of halogens is 2. The molecule has 0 atom stereocenters. The highest BCUT2D eigenvalue weighted by atomic mass is 79.9. The molecule has 0 saturated carbocycles. The van der Waals surface area contributed by atoms with Crippen LogP contribution in [0.5, 0.6) is 0 Å². The van der Waals surface area contributed by atoms with E-state index in [1.165, 1.54) is 4.88 Å². The first-order valence-corrected chi connectivity index (χ1v) is 6.19. The van der Waals surface area contributed by atoms with Gasteiger partial charge in [0.05, 0.1) is 10.3 Å². The summed E-state index contributed by atoms with van der Waals surface area (Å²) in [5.41, 5.74) is 0. The van der Waals surface area contributed by atoms with E-state index in [1.54, 1.807) is 23.6 Å². The average molecular weight is 305 g/mol. The van der Waals surface area contributed by atoms with E-state index in [-0.39, 0.29) is 5.28 Å². The van der Waals surface area contributed by atoms with Gasteiger partial charge in [-0.2, -0.15) is 0 Å². The summed E-state index contributed by atoms with van der Waals surface area (Å²) in [6.45, 7) is 0.740. The third kappa shape index (κ3) is 3.15. The van der Waals surface area contributed by atoms with Crippen molar-refractivity contribution < 1.29 is 0 Å². The van der Waals surface area contributed by atoms with Gasteiger partial charge >= 0.3 is 0 Å². The lowest BCUT2D eigenvalue weighted by Gasteiger charge is -2.02. The number of aromatic nitrogens is 2. The van der Waals surface area contributed by atoms with E-state index in [1.807, 2.05) is 6.07 Å². The quantitative estimate of drug-likeness (QED) is 0.881. The molecule has 0 radical (unpaired) electrons. The molecule has 2 rings (SSSR count). The maximum Gasteiger partial charge on any atom is 0.224 e. The van der Waals surface area contributed by atoms with Crippen molar-refractivity contribution in [2.75, 3.05) is 5.32 Å². The van der Waals surface area contributed by atoms with Gasteiger partial charge in [-0.3, -0.25) is 0 Å². The summed E-state index contributed by atoms with van der Waals surface area (Å²) in [6.07, 6.45) is 1.63. The van der Waals surface area contributed by atoms with Gasteiger partial charge in [0.1, 0.15) is 5.82 Å². The van der Waals surface area contributed by atoms with Gasteiger partial charge in [-0.05, 0) is 45.7 Å². The second-order valence-corrected chi connectivity index (χ2v) is 5.66. The van der Waals surface area contributed by atoms with Gasteiger partial charge < -0.3 is 5.32 Å². The highest BCUT2D eigenvalue weighted by Gasteiger charge is 1.99. The Labute approximate surface area is 105 Å². The first-order chi connectivity index (χ1) is 7.24. The van der Waals surface area contributed by atoms with Gasteiger partial charge in [0, 0.05) is 11.1 Å². The van der Waals surface area contributed by atoms with Crippen LogP contribution in [-0.4, -0.2) is 9.97 Å². The SMILES string of the molecule is Clc1nccc(NCc2ccc(Br)s2)n1. The van der Waals surface area contributed by atoms with Crippen molar-refractivity contribution in [1.82, 2.24) is 9.97 Å². The van der Waals surface area contributed by atoms with Crippen LogP contribution in [0.4, 0.5) is 5.82 Å². The van der Waals surface area contributed by atoms with Crippen molar-refractivity contribution >= 4 is 44.7 Å². The molecule has 1 N–H and O–H groups in total. The number of thiophene rings is 1. The normalized spacial score (nSPS) is 10.3. The molecule has 0 spiro atoms. The predicted octanol–water partition coefficient (Wildman–Crippen LogP) is 3.57. The molecule has 2 aromatic rings. The number of hydrogen-bond acceptors (Lipinski definition) is 4. The Kier molecular flexibility index (Phi) is 3.56. The summed E-state index contributed by atoms with van der Waals surface area (Å²) in [7, 11) is 0. The minimum absolute atomic E-state index is 0.257.